The second-order valence-corrected chi connectivity index (χ2v) is 8.47. The molecule has 6 nitrogen and oxygen atoms in total. The fraction of sp³-hybridized carbons (Fsp3) is 0.261. The van der Waals surface area contributed by atoms with Crippen LogP contribution in [0.1, 0.15) is 34.3 Å². The zero-order valence-corrected chi connectivity index (χ0v) is 17.8. The van der Waals surface area contributed by atoms with Gasteiger partial charge in [0.25, 0.3) is 5.91 Å². The molecule has 4 rings (SSSR count). The van der Waals surface area contributed by atoms with Gasteiger partial charge in [0.1, 0.15) is 0 Å². The summed E-state index contributed by atoms with van der Waals surface area (Å²) in [6.45, 7) is 4.31. The molecule has 0 atom stereocenters. The van der Waals surface area contributed by atoms with E-state index in [2.05, 4.69) is 28.9 Å². The van der Waals surface area contributed by atoms with Crippen LogP contribution in [0.5, 0.6) is 0 Å². The predicted molar refractivity (Wildman–Crippen MR) is 121 cm³/mol. The van der Waals surface area contributed by atoms with Crippen LogP contribution in [-0.4, -0.2) is 47.2 Å². The number of likely N-dealkylation sites (N-methyl/N-ethyl adjacent to an activating group) is 1. The van der Waals surface area contributed by atoms with Gasteiger partial charge in [-0.25, -0.2) is 9.79 Å². The summed E-state index contributed by atoms with van der Waals surface area (Å²) in [5.74, 6) is -1.12. The molecule has 0 saturated carbocycles. The molecule has 30 heavy (non-hydrogen) atoms. The number of amidine groups is 1. The van der Waals surface area contributed by atoms with Crippen LogP contribution in [0.2, 0.25) is 0 Å². The van der Waals surface area contributed by atoms with Crippen molar-refractivity contribution in [2.24, 2.45) is 4.99 Å². The second kappa shape index (κ2) is 8.36. The number of carboxylic acid groups (broad SMARTS) is 1. The highest BCUT2D eigenvalue weighted by Crippen LogP contribution is 2.34. The predicted octanol–water partition coefficient (Wildman–Crippen LogP) is 4.53. The summed E-state index contributed by atoms with van der Waals surface area (Å²) in [4.78, 5) is 32.8. The highest BCUT2D eigenvalue weighted by atomic mass is 32.2. The van der Waals surface area contributed by atoms with Gasteiger partial charge < -0.3 is 10.0 Å². The van der Waals surface area contributed by atoms with Gasteiger partial charge in [-0.1, -0.05) is 12.1 Å². The molecule has 0 spiro atoms. The molecule has 0 aliphatic carbocycles. The van der Waals surface area contributed by atoms with E-state index in [1.54, 1.807) is 19.2 Å². The molecule has 1 N–H and O–H groups in total. The van der Waals surface area contributed by atoms with Gasteiger partial charge in [-0.05, 0) is 79.1 Å². The lowest BCUT2D eigenvalue weighted by atomic mass is 10.1. The first-order valence-corrected chi connectivity index (χ1v) is 10.7. The van der Waals surface area contributed by atoms with Gasteiger partial charge in [-0.2, -0.15) is 0 Å². The normalized spacial score (nSPS) is 19.3. The average Bonchev–Trinajstić information content (AvgIpc) is 3.34. The van der Waals surface area contributed by atoms with Crippen LogP contribution in [-0.2, 0) is 4.79 Å². The van der Waals surface area contributed by atoms with Crippen molar-refractivity contribution >= 4 is 46.3 Å². The number of benzene rings is 2. The molecule has 7 heteroatoms. The van der Waals surface area contributed by atoms with Crippen molar-refractivity contribution in [3.63, 3.8) is 0 Å². The number of nitrogens with zero attached hydrogens (tertiary/aromatic N) is 3. The Bertz CT molecular complexity index is 1070. The van der Waals surface area contributed by atoms with Gasteiger partial charge in [0.2, 0.25) is 0 Å². The molecular formula is C23H23N3O3S. The number of hydrogen-bond acceptors (Lipinski definition) is 5. The Morgan fingerprint density at radius 3 is 2.63 bits per heavy atom. The Kier molecular flexibility index (Phi) is 5.63. The number of amides is 1. The van der Waals surface area contributed by atoms with Crippen LogP contribution in [0.25, 0.3) is 6.08 Å². The maximum absolute atomic E-state index is 12.7. The van der Waals surface area contributed by atoms with E-state index in [-0.39, 0.29) is 11.5 Å². The number of aliphatic imine (C=N–C) groups is 1. The lowest BCUT2D eigenvalue weighted by molar-refractivity contribution is -0.121. The SMILES string of the molecule is Cc1cc(/C=C2\SC(=Nc3cccc(C(=O)O)c3)N(C)C2=O)ccc1N1CCCC1. The third-order valence-corrected chi connectivity index (χ3v) is 6.35. The fourth-order valence-corrected chi connectivity index (χ4v) is 4.69. The number of aromatic carboxylic acids is 1. The number of hydrogen-bond donors (Lipinski definition) is 1. The Hall–Kier alpha value is -3.06. The fourth-order valence-electron chi connectivity index (χ4n) is 3.70. The molecule has 2 fully saturated rings. The number of carbonyl (C=O) groups is 2. The minimum atomic E-state index is -1.01. The molecule has 1 amide bonds. The van der Waals surface area contributed by atoms with E-state index in [9.17, 15) is 9.59 Å². The first-order chi connectivity index (χ1) is 14.4. The van der Waals surface area contributed by atoms with Gasteiger partial charge in [0, 0.05) is 25.8 Å². The van der Waals surface area contributed by atoms with Crippen molar-refractivity contribution in [1.82, 2.24) is 4.90 Å². The third kappa shape index (κ3) is 4.11. The van der Waals surface area contributed by atoms with Crippen LogP contribution in [0, 0.1) is 6.92 Å². The van der Waals surface area contributed by atoms with Crippen LogP contribution < -0.4 is 4.90 Å². The summed E-state index contributed by atoms with van der Waals surface area (Å²) in [6, 6.07) is 12.7. The van der Waals surface area contributed by atoms with Gasteiger partial charge in [-0.15, -0.1) is 0 Å². The molecule has 2 aliphatic rings. The van der Waals surface area contributed by atoms with Crippen LogP contribution in [0.4, 0.5) is 11.4 Å². The molecule has 0 aromatic heterocycles. The maximum atomic E-state index is 12.7. The van der Waals surface area contributed by atoms with Gasteiger partial charge in [-0.3, -0.25) is 9.69 Å². The number of anilines is 1. The minimum Gasteiger partial charge on any atom is -0.478 e. The molecule has 154 valence electrons. The number of thioether (sulfide) groups is 1. The van der Waals surface area contributed by atoms with E-state index in [4.69, 9.17) is 5.11 Å². The molecule has 2 aromatic carbocycles. The van der Waals surface area contributed by atoms with Crippen LogP contribution in [0.15, 0.2) is 52.4 Å². The van der Waals surface area contributed by atoms with Crippen molar-refractivity contribution < 1.29 is 14.7 Å². The second-order valence-electron chi connectivity index (χ2n) is 7.46. The number of rotatable bonds is 4. The highest BCUT2D eigenvalue weighted by molar-refractivity contribution is 8.18. The molecule has 2 aliphatic heterocycles. The summed E-state index contributed by atoms with van der Waals surface area (Å²) < 4.78 is 0. The van der Waals surface area contributed by atoms with E-state index in [0.717, 1.165) is 18.7 Å². The quantitative estimate of drug-likeness (QED) is 0.735. The minimum absolute atomic E-state index is 0.116. The van der Waals surface area contributed by atoms with Gasteiger partial charge in [0.05, 0.1) is 16.2 Å². The number of carboxylic acids is 1. The smallest absolute Gasteiger partial charge is 0.335 e. The summed E-state index contributed by atoms with van der Waals surface area (Å²) in [5, 5.41) is 9.68. The van der Waals surface area contributed by atoms with E-state index in [1.165, 1.54) is 52.9 Å². The van der Waals surface area contributed by atoms with Crippen molar-refractivity contribution in [2.75, 3.05) is 25.0 Å². The molecular weight excluding hydrogens is 398 g/mol. The summed E-state index contributed by atoms with van der Waals surface area (Å²) in [7, 11) is 1.68. The van der Waals surface area contributed by atoms with E-state index in [1.807, 2.05) is 12.1 Å². The van der Waals surface area contributed by atoms with Crippen molar-refractivity contribution in [3.05, 3.63) is 64.1 Å². The average molecular weight is 422 g/mol. The highest BCUT2D eigenvalue weighted by Gasteiger charge is 2.30. The van der Waals surface area contributed by atoms with Crippen LogP contribution >= 0.6 is 11.8 Å². The first kappa shape index (κ1) is 20.2. The molecule has 2 saturated heterocycles. The van der Waals surface area contributed by atoms with Gasteiger partial charge in [0.15, 0.2) is 5.17 Å². The zero-order chi connectivity index (χ0) is 21.3. The zero-order valence-electron chi connectivity index (χ0n) is 17.0. The Morgan fingerprint density at radius 2 is 1.93 bits per heavy atom. The van der Waals surface area contributed by atoms with Crippen molar-refractivity contribution in [2.45, 2.75) is 19.8 Å². The molecule has 2 heterocycles. The number of aryl methyl sites for hydroxylation is 1. The summed E-state index contributed by atoms with van der Waals surface area (Å²) >= 11 is 1.30. The van der Waals surface area contributed by atoms with Gasteiger partial charge >= 0.3 is 5.97 Å². The lowest BCUT2D eigenvalue weighted by Gasteiger charge is -2.20. The Morgan fingerprint density at radius 1 is 1.17 bits per heavy atom. The lowest BCUT2D eigenvalue weighted by Crippen LogP contribution is -2.23. The Labute approximate surface area is 179 Å². The Balaban J connectivity index is 1.58. The molecule has 2 aromatic rings. The van der Waals surface area contributed by atoms with Crippen LogP contribution in [0.3, 0.4) is 0 Å². The number of carbonyl (C=O) groups excluding carboxylic acids is 1. The maximum Gasteiger partial charge on any atom is 0.335 e. The third-order valence-electron chi connectivity index (χ3n) is 5.29. The largest absolute Gasteiger partial charge is 0.478 e. The molecule has 0 unspecified atom stereocenters. The van der Waals surface area contributed by atoms with Crippen molar-refractivity contribution in [1.29, 1.82) is 0 Å². The molecule has 0 bridgehead atoms. The first-order valence-electron chi connectivity index (χ1n) is 9.87. The molecule has 0 radical (unpaired) electrons. The van der Waals surface area contributed by atoms with Crippen molar-refractivity contribution in [3.8, 4) is 0 Å². The van der Waals surface area contributed by atoms with E-state index >= 15 is 0 Å². The summed E-state index contributed by atoms with van der Waals surface area (Å²) in [6.07, 6.45) is 4.36. The topological polar surface area (TPSA) is 73.2 Å². The standard InChI is InChI=1S/C23H23N3O3S/c1-15-12-16(8-9-19(15)26-10-3-4-11-26)13-20-21(27)25(2)23(30-20)24-18-7-5-6-17(14-18)22(28)29/h5-9,12-14H,3-4,10-11H2,1-2H3,(H,28,29)/b20-13-,24-23?. The van der Waals surface area contributed by atoms with E-state index < -0.39 is 5.97 Å². The summed E-state index contributed by atoms with van der Waals surface area (Å²) in [5.41, 5.74) is 4.11. The monoisotopic (exact) mass is 421 g/mol. The van der Waals surface area contributed by atoms with E-state index in [0.29, 0.717) is 15.8 Å².